The van der Waals surface area contributed by atoms with Crippen LogP contribution in [0.3, 0.4) is 0 Å². The van der Waals surface area contributed by atoms with Gasteiger partial charge in [-0.2, -0.15) is 5.26 Å². The van der Waals surface area contributed by atoms with Crippen molar-refractivity contribution in [1.29, 1.82) is 5.26 Å². The molecule has 18 heavy (non-hydrogen) atoms. The van der Waals surface area contributed by atoms with E-state index >= 15 is 0 Å². The van der Waals surface area contributed by atoms with E-state index in [0.717, 1.165) is 22.5 Å². The van der Waals surface area contributed by atoms with E-state index in [1.165, 1.54) is 0 Å². The highest BCUT2D eigenvalue weighted by Gasteiger charge is 2.13. The Morgan fingerprint density at radius 1 is 0.833 bits per heavy atom. The van der Waals surface area contributed by atoms with Gasteiger partial charge in [-0.15, -0.1) is 0 Å². The van der Waals surface area contributed by atoms with Crippen molar-refractivity contribution in [2.24, 2.45) is 0 Å². The summed E-state index contributed by atoms with van der Waals surface area (Å²) < 4.78 is 0. The summed E-state index contributed by atoms with van der Waals surface area (Å²) in [5, 5.41) is 8.97. The minimum absolute atomic E-state index is 0.0659. The van der Waals surface area contributed by atoms with Gasteiger partial charge in [0.25, 0.3) is 0 Å². The predicted molar refractivity (Wildman–Crippen MR) is 73.8 cm³/mol. The average Bonchev–Trinajstić information content (AvgIpc) is 2.39. The molecule has 0 fully saturated rings. The van der Waals surface area contributed by atoms with Gasteiger partial charge in [-0.05, 0) is 35.4 Å². The molecule has 0 amide bonds. The van der Waals surface area contributed by atoms with Crippen LogP contribution in [-0.4, -0.2) is 0 Å². The Morgan fingerprint density at radius 3 is 1.56 bits per heavy atom. The van der Waals surface area contributed by atoms with E-state index < -0.39 is 0 Å². The monoisotopic (exact) mass is 237 g/mol. The van der Waals surface area contributed by atoms with Crippen molar-refractivity contribution >= 4 is 11.4 Å². The van der Waals surface area contributed by atoms with Crippen molar-refractivity contribution < 1.29 is 0 Å². The van der Waals surface area contributed by atoms with Gasteiger partial charge in [-0.3, -0.25) is 0 Å². The predicted octanol–water partition coefficient (Wildman–Crippen LogP) is 2.90. The van der Waals surface area contributed by atoms with Gasteiger partial charge in [0, 0.05) is 23.7 Å². The number of hydrogen-bond donors (Lipinski definition) is 2. The SMILES string of the molecule is N#CCC(c1ccc(N)cc1)c1ccc(N)cc1. The van der Waals surface area contributed by atoms with Crippen LogP contribution in [0.15, 0.2) is 48.5 Å². The van der Waals surface area contributed by atoms with Crippen molar-refractivity contribution in [2.75, 3.05) is 11.5 Å². The van der Waals surface area contributed by atoms with Gasteiger partial charge >= 0.3 is 0 Å². The summed E-state index contributed by atoms with van der Waals surface area (Å²) in [5.74, 6) is 0.0659. The lowest BCUT2D eigenvalue weighted by atomic mass is 9.89. The molecular formula is C15H15N3. The highest BCUT2D eigenvalue weighted by Crippen LogP contribution is 2.28. The fraction of sp³-hybridized carbons (Fsp3) is 0.133. The van der Waals surface area contributed by atoms with Crippen LogP contribution in [0.1, 0.15) is 23.5 Å². The molecule has 4 N–H and O–H groups in total. The average molecular weight is 237 g/mol. The molecule has 0 aliphatic rings. The Morgan fingerprint density at radius 2 is 1.22 bits per heavy atom. The largest absolute Gasteiger partial charge is 0.399 e. The second-order valence-electron chi connectivity index (χ2n) is 4.25. The molecule has 0 radical (unpaired) electrons. The van der Waals surface area contributed by atoms with Crippen molar-refractivity contribution in [1.82, 2.24) is 0 Å². The van der Waals surface area contributed by atoms with Gasteiger partial charge in [0.15, 0.2) is 0 Å². The number of benzene rings is 2. The molecule has 2 aromatic rings. The maximum Gasteiger partial charge on any atom is 0.0631 e. The third kappa shape index (κ3) is 2.61. The first-order valence-electron chi connectivity index (χ1n) is 5.78. The third-order valence-electron chi connectivity index (χ3n) is 2.97. The van der Waals surface area contributed by atoms with Crippen LogP contribution in [0.5, 0.6) is 0 Å². The standard InChI is InChI=1S/C15H15N3/c16-10-9-15(11-1-5-13(17)6-2-11)12-3-7-14(18)8-4-12/h1-8,15H,9,17-18H2. The quantitative estimate of drug-likeness (QED) is 0.806. The summed E-state index contributed by atoms with van der Waals surface area (Å²) in [6.45, 7) is 0. The Bertz CT molecular complexity index is 504. The number of rotatable bonds is 3. The molecule has 3 nitrogen and oxygen atoms in total. The van der Waals surface area contributed by atoms with Gasteiger partial charge in [-0.1, -0.05) is 24.3 Å². The van der Waals surface area contributed by atoms with Crippen LogP contribution in [0.2, 0.25) is 0 Å². The highest BCUT2D eigenvalue weighted by molar-refractivity contribution is 5.45. The van der Waals surface area contributed by atoms with Gasteiger partial charge < -0.3 is 11.5 Å². The topological polar surface area (TPSA) is 75.8 Å². The molecule has 0 heterocycles. The molecule has 0 unspecified atom stereocenters. The second kappa shape index (κ2) is 5.24. The summed E-state index contributed by atoms with van der Waals surface area (Å²) in [5.41, 5.74) is 15.0. The third-order valence-corrected chi connectivity index (χ3v) is 2.97. The zero-order valence-electron chi connectivity index (χ0n) is 10.0. The molecule has 0 aliphatic heterocycles. The van der Waals surface area contributed by atoms with Crippen LogP contribution < -0.4 is 11.5 Å². The minimum Gasteiger partial charge on any atom is -0.399 e. The molecule has 0 bridgehead atoms. The Kier molecular flexibility index (Phi) is 3.49. The number of anilines is 2. The molecule has 0 spiro atoms. The summed E-state index contributed by atoms with van der Waals surface area (Å²) in [7, 11) is 0. The van der Waals surface area contributed by atoms with E-state index in [9.17, 15) is 0 Å². The maximum atomic E-state index is 8.97. The summed E-state index contributed by atoms with van der Waals surface area (Å²) in [6, 6.07) is 17.5. The first kappa shape index (κ1) is 12.0. The summed E-state index contributed by atoms with van der Waals surface area (Å²) in [6.07, 6.45) is 0.438. The first-order valence-corrected chi connectivity index (χ1v) is 5.78. The molecule has 90 valence electrons. The first-order chi connectivity index (χ1) is 8.70. The van der Waals surface area contributed by atoms with E-state index in [4.69, 9.17) is 16.7 Å². The lowest BCUT2D eigenvalue weighted by Crippen LogP contribution is -2.01. The van der Waals surface area contributed by atoms with Gasteiger partial charge in [0.05, 0.1) is 6.07 Å². The highest BCUT2D eigenvalue weighted by atomic mass is 14.5. The van der Waals surface area contributed by atoms with Gasteiger partial charge in [0.2, 0.25) is 0 Å². The smallest absolute Gasteiger partial charge is 0.0631 e. The van der Waals surface area contributed by atoms with Gasteiger partial charge in [0.1, 0.15) is 0 Å². The van der Waals surface area contributed by atoms with Crippen LogP contribution >= 0.6 is 0 Å². The molecular weight excluding hydrogens is 222 g/mol. The lowest BCUT2D eigenvalue weighted by molar-refractivity contribution is 0.838. The second-order valence-corrected chi connectivity index (χ2v) is 4.25. The zero-order valence-corrected chi connectivity index (χ0v) is 10.0. The molecule has 3 heteroatoms. The number of nitrogen functional groups attached to an aromatic ring is 2. The number of nitrogens with zero attached hydrogens (tertiary/aromatic N) is 1. The molecule has 0 saturated heterocycles. The number of nitrogens with two attached hydrogens (primary N) is 2. The maximum absolute atomic E-state index is 8.97. The van der Waals surface area contributed by atoms with Crippen molar-refractivity contribution in [3.8, 4) is 6.07 Å². The van der Waals surface area contributed by atoms with E-state index in [0.29, 0.717) is 6.42 Å². The Hall–Kier alpha value is -2.47. The lowest BCUT2D eigenvalue weighted by Gasteiger charge is -2.15. The molecule has 0 saturated carbocycles. The molecule has 2 aromatic carbocycles. The van der Waals surface area contributed by atoms with Crippen molar-refractivity contribution in [3.63, 3.8) is 0 Å². The minimum atomic E-state index is 0.0659. The Balaban J connectivity index is 2.36. The molecule has 2 rings (SSSR count). The van der Waals surface area contributed by atoms with E-state index in [1.54, 1.807) is 0 Å². The van der Waals surface area contributed by atoms with Crippen LogP contribution in [0, 0.1) is 11.3 Å². The Labute approximate surface area is 107 Å². The van der Waals surface area contributed by atoms with E-state index in [1.807, 2.05) is 48.5 Å². The van der Waals surface area contributed by atoms with Gasteiger partial charge in [-0.25, -0.2) is 0 Å². The van der Waals surface area contributed by atoms with E-state index in [-0.39, 0.29) is 5.92 Å². The number of nitriles is 1. The fourth-order valence-corrected chi connectivity index (χ4v) is 1.98. The normalized spacial score (nSPS) is 10.2. The number of hydrogen-bond acceptors (Lipinski definition) is 3. The van der Waals surface area contributed by atoms with Crippen LogP contribution in [0.4, 0.5) is 11.4 Å². The molecule has 0 aromatic heterocycles. The fourth-order valence-electron chi connectivity index (χ4n) is 1.98. The van der Waals surface area contributed by atoms with Crippen molar-refractivity contribution in [2.45, 2.75) is 12.3 Å². The van der Waals surface area contributed by atoms with Crippen molar-refractivity contribution in [3.05, 3.63) is 59.7 Å². The molecule has 0 aliphatic carbocycles. The summed E-state index contributed by atoms with van der Waals surface area (Å²) >= 11 is 0. The zero-order chi connectivity index (χ0) is 13.0. The van der Waals surface area contributed by atoms with Crippen LogP contribution in [-0.2, 0) is 0 Å². The van der Waals surface area contributed by atoms with Crippen LogP contribution in [0.25, 0.3) is 0 Å². The van der Waals surface area contributed by atoms with E-state index in [2.05, 4.69) is 6.07 Å². The molecule has 0 atom stereocenters. The summed E-state index contributed by atoms with van der Waals surface area (Å²) in [4.78, 5) is 0.